The lowest BCUT2D eigenvalue weighted by molar-refractivity contribution is 0.145. The number of nitrogens with one attached hydrogen (secondary N) is 1. The molecule has 5 rings (SSSR count). The Balaban J connectivity index is 1.51. The number of ether oxygens (including phenoxy) is 3. The van der Waals surface area contributed by atoms with Gasteiger partial charge in [0, 0.05) is 30.0 Å². The average molecular weight is 509 g/mol. The molecule has 1 aliphatic rings. The van der Waals surface area contributed by atoms with Crippen LogP contribution in [0.2, 0.25) is 0 Å². The Kier molecular flexibility index (Phi) is 7.01. The molecule has 0 spiro atoms. The van der Waals surface area contributed by atoms with Crippen molar-refractivity contribution >= 4 is 16.7 Å². The van der Waals surface area contributed by atoms with Crippen LogP contribution in [0.15, 0.2) is 48.9 Å². The van der Waals surface area contributed by atoms with E-state index in [9.17, 15) is 4.21 Å². The number of nitrogens with zero attached hydrogens (tertiary/aromatic N) is 5. The highest BCUT2D eigenvalue weighted by molar-refractivity contribution is 7.85. The molecular weight excluding hydrogens is 480 g/mol. The van der Waals surface area contributed by atoms with Gasteiger partial charge < -0.3 is 18.9 Å². The standard InChI is InChI=1S/C25H28N6O4S/c1-33-20-6-4-17(5-7-20)15-30-16-18(13-27-30)24-21-8-10-35-11-9-23(21)31(28-24)19-12-22(29-36(3)32)25(34-2)26-14-19/h4-7,12-14,16,29H,8-11,15H2,1-3H3. The van der Waals surface area contributed by atoms with Crippen molar-refractivity contribution in [3.05, 3.63) is 65.7 Å². The molecule has 1 aromatic carbocycles. The molecule has 11 heteroatoms. The van der Waals surface area contributed by atoms with E-state index in [2.05, 4.69) is 14.8 Å². The lowest BCUT2D eigenvalue weighted by Gasteiger charge is -2.12. The number of benzene rings is 1. The van der Waals surface area contributed by atoms with E-state index >= 15 is 0 Å². The van der Waals surface area contributed by atoms with Crippen LogP contribution < -0.4 is 14.2 Å². The second-order valence-electron chi connectivity index (χ2n) is 8.38. The molecule has 3 aromatic heterocycles. The molecule has 0 saturated heterocycles. The minimum Gasteiger partial charge on any atom is -0.497 e. The molecule has 0 radical (unpaired) electrons. The fraction of sp³-hybridized carbons (Fsp3) is 0.320. The van der Waals surface area contributed by atoms with Gasteiger partial charge >= 0.3 is 0 Å². The SMILES string of the molecule is COc1ccc(Cn2cc(-c3nn(-c4cnc(OC)c(NS(C)=O)c4)c4c3CCOCC4)cn2)cc1. The van der Waals surface area contributed by atoms with Gasteiger partial charge in [0.15, 0.2) is 0 Å². The van der Waals surface area contributed by atoms with Gasteiger partial charge in [0.25, 0.3) is 0 Å². The quantitative estimate of drug-likeness (QED) is 0.390. The van der Waals surface area contributed by atoms with Crippen LogP contribution in [0, 0.1) is 0 Å². The Hall–Kier alpha value is -3.70. The summed E-state index contributed by atoms with van der Waals surface area (Å²) in [5.41, 5.74) is 6.44. The van der Waals surface area contributed by atoms with E-state index in [4.69, 9.17) is 19.3 Å². The first kappa shape index (κ1) is 24.0. The van der Waals surface area contributed by atoms with Crippen LogP contribution in [0.3, 0.4) is 0 Å². The minimum absolute atomic E-state index is 0.371. The summed E-state index contributed by atoms with van der Waals surface area (Å²) in [6.45, 7) is 1.89. The van der Waals surface area contributed by atoms with Crippen molar-refractivity contribution in [3.8, 4) is 28.6 Å². The first-order valence-corrected chi connectivity index (χ1v) is 13.1. The zero-order chi connectivity index (χ0) is 25.1. The summed E-state index contributed by atoms with van der Waals surface area (Å²) in [5, 5.41) is 9.59. The number of fused-ring (bicyclic) bond motifs is 1. The second-order valence-corrected chi connectivity index (χ2v) is 9.49. The van der Waals surface area contributed by atoms with Crippen molar-refractivity contribution < 1.29 is 18.4 Å². The lowest BCUT2D eigenvalue weighted by Crippen LogP contribution is -2.09. The summed E-state index contributed by atoms with van der Waals surface area (Å²) in [4.78, 5) is 4.41. The fourth-order valence-electron chi connectivity index (χ4n) is 4.33. The number of methoxy groups -OCH3 is 2. The van der Waals surface area contributed by atoms with Crippen LogP contribution in [0.4, 0.5) is 5.69 Å². The van der Waals surface area contributed by atoms with Gasteiger partial charge in [0.2, 0.25) is 5.88 Å². The molecule has 4 aromatic rings. The maximum Gasteiger partial charge on any atom is 0.238 e. The van der Waals surface area contributed by atoms with Gasteiger partial charge in [-0.05, 0) is 30.2 Å². The van der Waals surface area contributed by atoms with Crippen LogP contribution in [-0.4, -0.2) is 62.4 Å². The van der Waals surface area contributed by atoms with E-state index in [0.29, 0.717) is 31.3 Å². The predicted octanol–water partition coefficient (Wildman–Crippen LogP) is 3.02. The second kappa shape index (κ2) is 10.5. The molecule has 1 aliphatic heterocycles. The largest absolute Gasteiger partial charge is 0.497 e. The average Bonchev–Trinajstić information content (AvgIpc) is 3.40. The molecule has 0 fully saturated rings. The van der Waals surface area contributed by atoms with Crippen LogP contribution in [0.25, 0.3) is 16.9 Å². The summed E-state index contributed by atoms with van der Waals surface area (Å²) < 4.78 is 34.9. The minimum atomic E-state index is -1.28. The third-order valence-corrected chi connectivity index (χ3v) is 6.52. The van der Waals surface area contributed by atoms with Gasteiger partial charge in [-0.1, -0.05) is 12.1 Å². The van der Waals surface area contributed by atoms with Crippen LogP contribution >= 0.6 is 0 Å². The predicted molar refractivity (Wildman–Crippen MR) is 137 cm³/mol. The molecule has 0 aliphatic carbocycles. The summed E-state index contributed by atoms with van der Waals surface area (Å²) in [7, 11) is 1.91. The number of hydrogen-bond acceptors (Lipinski definition) is 7. The maximum atomic E-state index is 11.8. The van der Waals surface area contributed by atoms with E-state index in [0.717, 1.165) is 52.4 Å². The van der Waals surface area contributed by atoms with E-state index in [1.54, 1.807) is 19.6 Å². The maximum absolute atomic E-state index is 11.8. The Morgan fingerprint density at radius 3 is 2.67 bits per heavy atom. The Bertz CT molecular complexity index is 1380. The number of hydrogen-bond donors (Lipinski definition) is 1. The lowest BCUT2D eigenvalue weighted by atomic mass is 10.1. The zero-order valence-electron chi connectivity index (χ0n) is 20.4. The van der Waals surface area contributed by atoms with Crippen LogP contribution in [-0.2, 0) is 35.1 Å². The monoisotopic (exact) mass is 508 g/mol. The molecule has 1 unspecified atom stereocenters. The molecule has 0 bridgehead atoms. The molecule has 10 nitrogen and oxygen atoms in total. The highest BCUT2D eigenvalue weighted by atomic mass is 32.2. The third-order valence-electron chi connectivity index (χ3n) is 6.01. The van der Waals surface area contributed by atoms with Crippen molar-refractivity contribution in [1.29, 1.82) is 0 Å². The fourth-order valence-corrected chi connectivity index (χ4v) is 4.79. The molecule has 1 atom stereocenters. The number of anilines is 1. The normalized spacial score (nSPS) is 14.1. The summed E-state index contributed by atoms with van der Waals surface area (Å²) in [5.74, 6) is 1.20. The molecule has 1 N–H and O–H groups in total. The number of aromatic nitrogens is 5. The van der Waals surface area contributed by atoms with Crippen molar-refractivity contribution in [2.45, 2.75) is 19.4 Å². The molecule has 0 amide bonds. The molecule has 4 heterocycles. The smallest absolute Gasteiger partial charge is 0.238 e. The Labute approximate surface area is 211 Å². The molecular formula is C25H28N6O4S. The van der Waals surface area contributed by atoms with Crippen LogP contribution in [0.1, 0.15) is 16.8 Å². The Morgan fingerprint density at radius 2 is 1.92 bits per heavy atom. The van der Waals surface area contributed by atoms with E-state index in [-0.39, 0.29) is 0 Å². The van der Waals surface area contributed by atoms with Crippen molar-refractivity contribution in [2.75, 3.05) is 38.4 Å². The number of rotatable bonds is 8. The molecule has 36 heavy (non-hydrogen) atoms. The highest BCUT2D eigenvalue weighted by Gasteiger charge is 2.23. The van der Waals surface area contributed by atoms with Gasteiger partial charge in [-0.25, -0.2) is 13.9 Å². The van der Waals surface area contributed by atoms with Gasteiger partial charge in [-0.2, -0.15) is 10.2 Å². The highest BCUT2D eigenvalue weighted by Crippen LogP contribution is 2.32. The van der Waals surface area contributed by atoms with Gasteiger partial charge in [0.05, 0.1) is 63.4 Å². The third kappa shape index (κ3) is 4.98. The van der Waals surface area contributed by atoms with E-state index in [1.807, 2.05) is 52.1 Å². The molecule has 188 valence electrons. The van der Waals surface area contributed by atoms with Gasteiger partial charge in [-0.3, -0.25) is 4.68 Å². The van der Waals surface area contributed by atoms with Crippen LogP contribution in [0.5, 0.6) is 11.6 Å². The van der Waals surface area contributed by atoms with E-state index in [1.165, 1.54) is 7.11 Å². The van der Waals surface area contributed by atoms with Crippen molar-refractivity contribution in [3.63, 3.8) is 0 Å². The summed E-state index contributed by atoms with van der Waals surface area (Å²) in [6, 6.07) is 9.81. The van der Waals surface area contributed by atoms with Gasteiger partial charge in [0.1, 0.15) is 22.4 Å². The van der Waals surface area contributed by atoms with Crippen molar-refractivity contribution in [1.82, 2.24) is 24.5 Å². The summed E-state index contributed by atoms with van der Waals surface area (Å²) >= 11 is 0. The Morgan fingerprint density at radius 1 is 1.11 bits per heavy atom. The zero-order valence-corrected chi connectivity index (χ0v) is 21.2. The molecule has 0 saturated carbocycles. The topological polar surface area (TPSA) is 105 Å². The van der Waals surface area contributed by atoms with Crippen molar-refractivity contribution in [2.24, 2.45) is 0 Å². The number of pyridine rings is 1. The van der Waals surface area contributed by atoms with E-state index < -0.39 is 11.0 Å². The summed E-state index contributed by atoms with van der Waals surface area (Å²) in [6.07, 6.45) is 8.60. The first-order chi connectivity index (χ1) is 17.6. The van der Waals surface area contributed by atoms with Gasteiger partial charge in [-0.15, -0.1) is 0 Å². The first-order valence-electron chi connectivity index (χ1n) is 11.5.